The normalized spacial score (nSPS) is 12.3. The van der Waals surface area contributed by atoms with Crippen molar-refractivity contribution in [2.45, 2.75) is 20.0 Å². The molecule has 0 aliphatic heterocycles. The molecule has 20 heavy (non-hydrogen) atoms. The first kappa shape index (κ1) is 15.4. The molecule has 0 aromatic heterocycles. The van der Waals surface area contributed by atoms with Gasteiger partial charge in [0.1, 0.15) is 11.9 Å². The van der Waals surface area contributed by atoms with Crippen LogP contribution >= 0.6 is 27.5 Å². The molecule has 1 N–H and O–H groups in total. The van der Waals surface area contributed by atoms with Crippen LogP contribution in [0.2, 0.25) is 5.02 Å². The van der Waals surface area contributed by atoms with Crippen LogP contribution in [0.25, 0.3) is 0 Å². The molecule has 0 saturated heterocycles. The van der Waals surface area contributed by atoms with E-state index in [1.165, 1.54) is 0 Å². The number of rotatable bonds is 3. The Hall–Kier alpha value is -1.03. The summed E-state index contributed by atoms with van der Waals surface area (Å²) in [6, 6.07) is 9.23. The van der Waals surface area contributed by atoms with Gasteiger partial charge in [-0.1, -0.05) is 45.7 Å². The fraction of sp³-hybridized carbons (Fsp3) is 0.250. The fourth-order valence-corrected chi connectivity index (χ4v) is 3.09. The summed E-state index contributed by atoms with van der Waals surface area (Å²) in [5.41, 5.74) is 3.68. The number of aryl methyl sites for hydroxylation is 1. The lowest BCUT2D eigenvalue weighted by atomic mass is 9.96. The predicted octanol–water partition coefficient (Wildman–Crippen LogP) is 4.81. The van der Waals surface area contributed by atoms with Crippen molar-refractivity contribution in [1.29, 1.82) is 0 Å². The van der Waals surface area contributed by atoms with Crippen LogP contribution in [0.4, 0.5) is 0 Å². The van der Waals surface area contributed by atoms with E-state index < -0.39 is 6.10 Å². The predicted molar refractivity (Wildman–Crippen MR) is 85.7 cm³/mol. The number of hydrogen-bond acceptors (Lipinski definition) is 2. The van der Waals surface area contributed by atoms with E-state index in [0.29, 0.717) is 5.02 Å². The van der Waals surface area contributed by atoms with E-state index in [4.69, 9.17) is 16.3 Å². The van der Waals surface area contributed by atoms with E-state index >= 15 is 0 Å². The van der Waals surface area contributed by atoms with Crippen molar-refractivity contribution < 1.29 is 9.84 Å². The Morgan fingerprint density at radius 1 is 1.15 bits per heavy atom. The molecule has 1 atom stereocenters. The van der Waals surface area contributed by atoms with Gasteiger partial charge in [0.05, 0.1) is 7.11 Å². The molecule has 0 radical (unpaired) electrons. The summed E-state index contributed by atoms with van der Waals surface area (Å²) in [5, 5.41) is 11.3. The zero-order valence-corrected chi connectivity index (χ0v) is 13.9. The third-order valence-corrected chi connectivity index (χ3v) is 4.38. The molecule has 2 nitrogen and oxygen atoms in total. The molecule has 0 spiro atoms. The van der Waals surface area contributed by atoms with Gasteiger partial charge < -0.3 is 9.84 Å². The number of hydrogen-bond donors (Lipinski definition) is 1. The molecule has 0 saturated carbocycles. The summed E-state index contributed by atoms with van der Waals surface area (Å²) in [5.74, 6) is 0.722. The van der Waals surface area contributed by atoms with Crippen molar-refractivity contribution in [1.82, 2.24) is 0 Å². The van der Waals surface area contributed by atoms with Crippen molar-refractivity contribution in [3.63, 3.8) is 0 Å². The van der Waals surface area contributed by atoms with Gasteiger partial charge in [-0.3, -0.25) is 0 Å². The van der Waals surface area contributed by atoms with Gasteiger partial charge >= 0.3 is 0 Å². The third-order valence-electron chi connectivity index (χ3n) is 3.46. The van der Waals surface area contributed by atoms with E-state index in [1.807, 2.05) is 32.0 Å². The van der Waals surface area contributed by atoms with Gasteiger partial charge in [-0.05, 0) is 42.7 Å². The summed E-state index contributed by atoms with van der Waals surface area (Å²) < 4.78 is 6.24. The number of benzene rings is 2. The molecule has 0 aliphatic rings. The lowest BCUT2D eigenvalue weighted by molar-refractivity contribution is 0.213. The maximum absolute atomic E-state index is 10.6. The number of ether oxygens (including phenoxy) is 1. The van der Waals surface area contributed by atoms with Gasteiger partial charge in [0.25, 0.3) is 0 Å². The van der Waals surface area contributed by atoms with Crippen molar-refractivity contribution in [2.24, 2.45) is 0 Å². The number of aliphatic hydroxyl groups excluding tert-OH is 1. The first-order valence-electron chi connectivity index (χ1n) is 6.22. The summed E-state index contributed by atoms with van der Waals surface area (Å²) in [7, 11) is 1.62. The van der Waals surface area contributed by atoms with Gasteiger partial charge in [0, 0.05) is 15.1 Å². The molecule has 0 bridgehead atoms. The largest absolute Gasteiger partial charge is 0.496 e. The molecule has 0 heterocycles. The molecule has 2 aromatic carbocycles. The minimum atomic E-state index is -0.768. The van der Waals surface area contributed by atoms with Crippen molar-refractivity contribution in [2.75, 3.05) is 7.11 Å². The first-order valence-corrected chi connectivity index (χ1v) is 7.40. The lowest BCUT2D eigenvalue weighted by Gasteiger charge is -2.19. The third kappa shape index (κ3) is 2.85. The second-order valence-electron chi connectivity index (χ2n) is 4.70. The van der Waals surface area contributed by atoms with Crippen LogP contribution in [0.5, 0.6) is 5.75 Å². The number of aliphatic hydroxyl groups is 1. The summed E-state index contributed by atoms with van der Waals surface area (Å²) in [6.45, 7) is 4.01. The first-order chi connectivity index (χ1) is 9.45. The van der Waals surface area contributed by atoms with Crippen molar-refractivity contribution >= 4 is 27.5 Å². The Bertz CT molecular complexity index is 641. The average Bonchev–Trinajstić information content (AvgIpc) is 2.41. The minimum absolute atomic E-state index is 0.625. The fourth-order valence-electron chi connectivity index (χ4n) is 2.19. The van der Waals surface area contributed by atoms with Gasteiger partial charge in [-0.15, -0.1) is 0 Å². The maximum Gasteiger partial charge on any atom is 0.128 e. The van der Waals surface area contributed by atoms with Crippen LogP contribution in [-0.4, -0.2) is 12.2 Å². The average molecular weight is 356 g/mol. The van der Waals surface area contributed by atoms with Crippen LogP contribution < -0.4 is 4.74 Å². The van der Waals surface area contributed by atoms with Crippen LogP contribution in [0, 0.1) is 13.8 Å². The van der Waals surface area contributed by atoms with Gasteiger partial charge in [0.2, 0.25) is 0 Å². The van der Waals surface area contributed by atoms with Crippen LogP contribution in [-0.2, 0) is 0 Å². The molecule has 2 rings (SSSR count). The second kappa shape index (κ2) is 6.17. The Labute approximate surface area is 132 Å². The van der Waals surface area contributed by atoms with E-state index in [0.717, 1.165) is 32.5 Å². The van der Waals surface area contributed by atoms with Gasteiger partial charge in [0.15, 0.2) is 0 Å². The van der Waals surface area contributed by atoms with Crippen LogP contribution in [0.1, 0.15) is 28.4 Å². The standard InChI is InChI=1S/C16H16BrClO2/c1-9-4-6-13(16(20-3)10(9)2)15(19)12-7-5-11(18)8-14(12)17/h4-8,15,19H,1-3H3. The van der Waals surface area contributed by atoms with Crippen molar-refractivity contribution in [3.05, 3.63) is 62.1 Å². The quantitative estimate of drug-likeness (QED) is 0.856. The summed E-state index contributed by atoms with van der Waals surface area (Å²) >= 11 is 9.38. The highest BCUT2D eigenvalue weighted by Gasteiger charge is 2.20. The highest BCUT2D eigenvalue weighted by Crippen LogP contribution is 2.37. The number of halogens is 2. The highest BCUT2D eigenvalue weighted by atomic mass is 79.9. The Kier molecular flexibility index (Phi) is 4.74. The molecule has 106 valence electrons. The van der Waals surface area contributed by atoms with Crippen LogP contribution in [0.15, 0.2) is 34.8 Å². The minimum Gasteiger partial charge on any atom is -0.496 e. The van der Waals surface area contributed by atoms with Crippen molar-refractivity contribution in [3.8, 4) is 5.75 Å². The molecule has 4 heteroatoms. The molecule has 0 fully saturated rings. The SMILES string of the molecule is COc1c(C(O)c2ccc(Cl)cc2Br)ccc(C)c1C. The van der Waals surface area contributed by atoms with E-state index in [-0.39, 0.29) is 0 Å². The second-order valence-corrected chi connectivity index (χ2v) is 5.99. The van der Waals surface area contributed by atoms with E-state index in [9.17, 15) is 5.11 Å². The Balaban J connectivity index is 2.53. The molecule has 2 aromatic rings. The Morgan fingerprint density at radius 3 is 2.40 bits per heavy atom. The smallest absolute Gasteiger partial charge is 0.128 e. The van der Waals surface area contributed by atoms with Crippen LogP contribution in [0.3, 0.4) is 0 Å². The van der Waals surface area contributed by atoms with Gasteiger partial charge in [-0.25, -0.2) is 0 Å². The highest BCUT2D eigenvalue weighted by molar-refractivity contribution is 9.10. The topological polar surface area (TPSA) is 29.5 Å². The monoisotopic (exact) mass is 354 g/mol. The summed E-state index contributed by atoms with van der Waals surface area (Å²) in [4.78, 5) is 0. The molecule has 0 aliphatic carbocycles. The molecular weight excluding hydrogens is 340 g/mol. The molecule has 1 unspecified atom stereocenters. The van der Waals surface area contributed by atoms with E-state index in [1.54, 1.807) is 19.2 Å². The van der Waals surface area contributed by atoms with Gasteiger partial charge in [-0.2, -0.15) is 0 Å². The molecule has 0 amide bonds. The lowest BCUT2D eigenvalue weighted by Crippen LogP contribution is -2.05. The molecular formula is C16H16BrClO2. The zero-order chi connectivity index (χ0) is 14.9. The number of methoxy groups -OCH3 is 1. The summed E-state index contributed by atoms with van der Waals surface area (Å²) in [6.07, 6.45) is -0.768. The zero-order valence-electron chi connectivity index (χ0n) is 11.6. The Morgan fingerprint density at radius 2 is 1.80 bits per heavy atom. The maximum atomic E-state index is 10.6. The van der Waals surface area contributed by atoms with E-state index in [2.05, 4.69) is 15.9 Å².